The Morgan fingerprint density at radius 3 is 2.34 bits per heavy atom. The molecule has 0 unspecified atom stereocenters. The summed E-state index contributed by atoms with van der Waals surface area (Å²) in [6, 6.07) is 14.3. The third kappa shape index (κ3) is 5.29. The van der Waals surface area contributed by atoms with Gasteiger partial charge in [-0.25, -0.2) is 8.42 Å². The largest absolute Gasteiger partial charge is 0.494 e. The summed E-state index contributed by atoms with van der Waals surface area (Å²) in [4.78, 5) is 15.1. The summed E-state index contributed by atoms with van der Waals surface area (Å²) >= 11 is 0. The summed E-state index contributed by atoms with van der Waals surface area (Å²) in [6.07, 6.45) is 0.446. The molecule has 1 atom stereocenters. The van der Waals surface area contributed by atoms with Crippen LogP contribution in [0.25, 0.3) is 0 Å². The number of nitrogens with zero attached hydrogens (tertiary/aromatic N) is 1. The summed E-state index contributed by atoms with van der Waals surface area (Å²) < 4.78 is 35.2. The van der Waals surface area contributed by atoms with Crippen LogP contribution in [0.15, 0.2) is 48.5 Å². The highest BCUT2D eigenvalue weighted by molar-refractivity contribution is 7.91. The van der Waals surface area contributed by atoms with E-state index in [1.165, 1.54) is 0 Å². The van der Waals surface area contributed by atoms with Crippen molar-refractivity contribution < 1.29 is 22.7 Å². The molecular formula is C22H27NO5S. The number of carbonyl (C=O) groups is 1. The second-order valence-corrected chi connectivity index (χ2v) is 9.22. The molecule has 1 aliphatic rings. The second kappa shape index (κ2) is 9.31. The Hall–Kier alpha value is -2.54. The van der Waals surface area contributed by atoms with Gasteiger partial charge in [-0.3, -0.25) is 4.79 Å². The Morgan fingerprint density at radius 2 is 1.72 bits per heavy atom. The van der Waals surface area contributed by atoms with Gasteiger partial charge in [0, 0.05) is 12.6 Å². The number of hydrogen-bond acceptors (Lipinski definition) is 5. The standard InChI is InChI=1S/C22H27NO5S/c1-3-27-19-11-9-17(10-12-19)15-23(18-13-14-29(25,26)16-18)22(24)20-7-5-6-8-21(20)28-4-2/h5-12,18H,3-4,13-16H2,1-2H3/t18-/m0/s1. The predicted octanol–water partition coefficient (Wildman–Crippen LogP) is 3.31. The fraction of sp³-hybridized carbons (Fsp3) is 0.409. The maximum atomic E-state index is 13.4. The van der Waals surface area contributed by atoms with E-state index in [9.17, 15) is 13.2 Å². The number of carbonyl (C=O) groups excluding carboxylic acids is 1. The van der Waals surface area contributed by atoms with E-state index in [2.05, 4.69) is 0 Å². The van der Waals surface area contributed by atoms with Crippen LogP contribution in [0.2, 0.25) is 0 Å². The molecule has 0 radical (unpaired) electrons. The summed E-state index contributed by atoms with van der Waals surface area (Å²) in [5.74, 6) is 1.16. The van der Waals surface area contributed by atoms with E-state index in [1.807, 2.05) is 44.2 Å². The van der Waals surface area contributed by atoms with Crippen molar-refractivity contribution in [2.75, 3.05) is 24.7 Å². The molecule has 1 saturated heterocycles. The lowest BCUT2D eigenvalue weighted by Gasteiger charge is -2.29. The number of hydrogen-bond donors (Lipinski definition) is 0. The maximum Gasteiger partial charge on any atom is 0.258 e. The van der Waals surface area contributed by atoms with Crippen molar-refractivity contribution in [2.45, 2.75) is 32.9 Å². The fourth-order valence-electron chi connectivity index (χ4n) is 3.52. The first kappa shape index (κ1) is 21.2. The lowest BCUT2D eigenvalue weighted by atomic mass is 10.1. The average Bonchev–Trinajstić information content (AvgIpc) is 3.07. The van der Waals surface area contributed by atoms with Gasteiger partial charge in [0.1, 0.15) is 11.5 Å². The molecule has 2 aromatic carbocycles. The molecule has 0 bridgehead atoms. The van der Waals surface area contributed by atoms with Gasteiger partial charge in [-0.05, 0) is 50.1 Å². The van der Waals surface area contributed by atoms with E-state index in [0.29, 0.717) is 37.5 Å². The SMILES string of the molecule is CCOc1ccc(CN(C(=O)c2ccccc2OCC)[C@H]2CCS(=O)(=O)C2)cc1. The van der Waals surface area contributed by atoms with Gasteiger partial charge >= 0.3 is 0 Å². The Kier molecular flexibility index (Phi) is 6.79. The van der Waals surface area contributed by atoms with E-state index in [-0.39, 0.29) is 23.5 Å². The van der Waals surface area contributed by atoms with Gasteiger partial charge in [-0.15, -0.1) is 0 Å². The van der Waals surface area contributed by atoms with Gasteiger partial charge in [0.05, 0.1) is 30.3 Å². The zero-order valence-corrected chi connectivity index (χ0v) is 17.7. The van der Waals surface area contributed by atoms with Gasteiger partial charge in [-0.1, -0.05) is 24.3 Å². The van der Waals surface area contributed by atoms with Crippen LogP contribution in [0.4, 0.5) is 0 Å². The Balaban J connectivity index is 1.90. The van der Waals surface area contributed by atoms with E-state index >= 15 is 0 Å². The third-order valence-corrected chi connectivity index (χ3v) is 6.66. The quantitative estimate of drug-likeness (QED) is 0.659. The average molecular weight is 418 g/mol. The molecule has 0 spiro atoms. The summed E-state index contributed by atoms with van der Waals surface area (Å²) in [7, 11) is -3.13. The minimum atomic E-state index is -3.13. The normalized spacial score (nSPS) is 17.7. The summed E-state index contributed by atoms with van der Waals surface area (Å²) in [5, 5.41) is 0. The predicted molar refractivity (Wildman–Crippen MR) is 112 cm³/mol. The van der Waals surface area contributed by atoms with Crippen molar-refractivity contribution in [1.29, 1.82) is 0 Å². The van der Waals surface area contributed by atoms with Crippen molar-refractivity contribution in [1.82, 2.24) is 4.90 Å². The van der Waals surface area contributed by atoms with Gasteiger partial charge in [0.25, 0.3) is 5.91 Å². The number of sulfone groups is 1. The zero-order chi connectivity index (χ0) is 20.9. The second-order valence-electron chi connectivity index (χ2n) is 7.00. The molecule has 1 heterocycles. The lowest BCUT2D eigenvalue weighted by Crippen LogP contribution is -2.40. The van der Waals surface area contributed by atoms with Gasteiger partial charge < -0.3 is 14.4 Å². The first-order chi connectivity index (χ1) is 13.9. The number of benzene rings is 2. The van der Waals surface area contributed by atoms with Crippen LogP contribution in [-0.4, -0.2) is 50.0 Å². The first-order valence-corrected chi connectivity index (χ1v) is 11.7. The van der Waals surface area contributed by atoms with Crippen LogP contribution >= 0.6 is 0 Å². The van der Waals surface area contributed by atoms with Crippen molar-refractivity contribution >= 4 is 15.7 Å². The topological polar surface area (TPSA) is 72.9 Å². The molecule has 1 amide bonds. The van der Waals surface area contributed by atoms with Gasteiger partial charge in [0.2, 0.25) is 0 Å². The molecular weight excluding hydrogens is 390 g/mol. The highest BCUT2D eigenvalue weighted by Crippen LogP contribution is 2.26. The van der Waals surface area contributed by atoms with E-state index in [1.54, 1.807) is 23.1 Å². The molecule has 6 nitrogen and oxygen atoms in total. The molecule has 2 aromatic rings. The lowest BCUT2D eigenvalue weighted by molar-refractivity contribution is 0.0676. The molecule has 3 rings (SSSR count). The molecule has 156 valence electrons. The van der Waals surface area contributed by atoms with Crippen LogP contribution in [0.5, 0.6) is 11.5 Å². The molecule has 0 aromatic heterocycles. The number of rotatable bonds is 8. The Labute approximate surface area is 172 Å². The van der Waals surface area contributed by atoms with Crippen molar-refractivity contribution in [3.8, 4) is 11.5 Å². The van der Waals surface area contributed by atoms with Crippen molar-refractivity contribution in [2.24, 2.45) is 0 Å². The maximum absolute atomic E-state index is 13.4. The molecule has 0 saturated carbocycles. The van der Waals surface area contributed by atoms with E-state index in [0.717, 1.165) is 11.3 Å². The number of ether oxygens (including phenoxy) is 2. The molecule has 0 N–H and O–H groups in total. The summed E-state index contributed by atoms with van der Waals surface area (Å²) in [6.45, 7) is 5.14. The van der Waals surface area contributed by atoms with Crippen molar-refractivity contribution in [3.63, 3.8) is 0 Å². The van der Waals surface area contributed by atoms with Crippen LogP contribution in [0.3, 0.4) is 0 Å². The summed E-state index contributed by atoms with van der Waals surface area (Å²) in [5.41, 5.74) is 1.37. The van der Waals surface area contributed by atoms with Crippen LogP contribution in [-0.2, 0) is 16.4 Å². The van der Waals surface area contributed by atoms with E-state index in [4.69, 9.17) is 9.47 Å². The van der Waals surface area contributed by atoms with Gasteiger partial charge in [0.15, 0.2) is 9.84 Å². The fourth-order valence-corrected chi connectivity index (χ4v) is 5.25. The minimum absolute atomic E-state index is 0.00737. The van der Waals surface area contributed by atoms with Crippen molar-refractivity contribution in [3.05, 3.63) is 59.7 Å². The highest BCUT2D eigenvalue weighted by atomic mass is 32.2. The van der Waals surface area contributed by atoms with Crippen LogP contribution in [0.1, 0.15) is 36.2 Å². The molecule has 1 fully saturated rings. The number of amides is 1. The smallest absolute Gasteiger partial charge is 0.258 e. The zero-order valence-electron chi connectivity index (χ0n) is 16.8. The molecule has 7 heteroatoms. The Morgan fingerprint density at radius 1 is 1.03 bits per heavy atom. The van der Waals surface area contributed by atoms with E-state index < -0.39 is 9.84 Å². The monoisotopic (exact) mass is 417 g/mol. The molecule has 29 heavy (non-hydrogen) atoms. The molecule has 0 aliphatic carbocycles. The Bertz CT molecular complexity index is 940. The van der Waals surface area contributed by atoms with Crippen LogP contribution < -0.4 is 9.47 Å². The van der Waals surface area contributed by atoms with Crippen LogP contribution in [0, 0.1) is 0 Å². The highest BCUT2D eigenvalue weighted by Gasteiger charge is 2.35. The number of para-hydroxylation sites is 1. The first-order valence-electron chi connectivity index (χ1n) is 9.88. The third-order valence-electron chi connectivity index (χ3n) is 4.91. The van der Waals surface area contributed by atoms with Gasteiger partial charge in [-0.2, -0.15) is 0 Å². The minimum Gasteiger partial charge on any atom is -0.494 e. The molecule has 1 aliphatic heterocycles.